The summed E-state index contributed by atoms with van der Waals surface area (Å²) in [5.41, 5.74) is 0.521. The first-order chi connectivity index (χ1) is 11.6. The summed E-state index contributed by atoms with van der Waals surface area (Å²) in [6.07, 6.45) is 7.30. The summed E-state index contributed by atoms with van der Waals surface area (Å²) in [5, 5.41) is 11.0. The van der Waals surface area contributed by atoms with E-state index in [9.17, 15) is 4.79 Å². The molecule has 0 spiro atoms. The second-order valence-corrected chi connectivity index (χ2v) is 7.50. The Hall–Kier alpha value is -1.40. The van der Waals surface area contributed by atoms with E-state index in [1.165, 1.54) is 0 Å². The maximum atomic E-state index is 12.5. The molecule has 3 rings (SSSR count). The van der Waals surface area contributed by atoms with Crippen molar-refractivity contribution in [3.05, 3.63) is 18.0 Å². The van der Waals surface area contributed by atoms with E-state index in [4.69, 9.17) is 4.74 Å². The number of hydrogen-bond acceptors (Lipinski definition) is 4. The van der Waals surface area contributed by atoms with Crippen LogP contribution >= 0.6 is 0 Å². The lowest BCUT2D eigenvalue weighted by Crippen LogP contribution is -2.42. The van der Waals surface area contributed by atoms with Crippen molar-refractivity contribution in [3.8, 4) is 0 Å². The van der Waals surface area contributed by atoms with Crippen LogP contribution in [0.25, 0.3) is 0 Å². The molecular weight excluding hydrogens is 304 g/mol. The van der Waals surface area contributed by atoms with Crippen LogP contribution < -0.4 is 10.6 Å². The minimum atomic E-state index is -0.0623. The van der Waals surface area contributed by atoms with Gasteiger partial charge in [0, 0.05) is 25.4 Å². The number of ether oxygens (including phenoxy) is 1. The first-order valence-corrected chi connectivity index (χ1v) is 9.30. The van der Waals surface area contributed by atoms with E-state index in [0.717, 1.165) is 51.8 Å². The second kappa shape index (κ2) is 8.12. The van der Waals surface area contributed by atoms with E-state index in [0.29, 0.717) is 17.7 Å². The maximum Gasteiger partial charge on any atom is 0.271 e. The lowest BCUT2D eigenvalue weighted by molar-refractivity contribution is -0.00850. The fraction of sp³-hybridized carbons (Fsp3) is 0.778. The molecule has 3 heterocycles. The molecule has 0 aliphatic carbocycles. The van der Waals surface area contributed by atoms with Crippen molar-refractivity contribution in [2.45, 2.75) is 64.1 Å². The van der Waals surface area contributed by atoms with Gasteiger partial charge in [-0.25, -0.2) is 0 Å². The fourth-order valence-corrected chi connectivity index (χ4v) is 3.68. The molecule has 6 nitrogen and oxygen atoms in total. The largest absolute Gasteiger partial charge is 0.378 e. The van der Waals surface area contributed by atoms with E-state index >= 15 is 0 Å². The van der Waals surface area contributed by atoms with Crippen molar-refractivity contribution in [2.75, 3.05) is 19.7 Å². The lowest BCUT2D eigenvalue weighted by Gasteiger charge is -2.31. The zero-order chi connectivity index (χ0) is 16.9. The summed E-state index contributed by atoms with van der Waals surface area (Å²) in [7, 11) is 0. The van der Waals surface area contributed by atoms with Crippen molar-refractivity contribution in [2.24, 2.45) is 5.92 Å². The number of nitrogens with zero attached hydrogens (tertiary/aromatic N) is 2. The summed E-state index contributed by atoms with van der Waals surface area (Å²) < 4.78 is 7.75. The highest BCUT2D eigenvalue weighted by Gasteiger charge is 2.25. The van der Waals surface area contributed by atoms with Gasteiger partial charge in [-0.1, -0.05) is 13.8 Å². The van der Waals surface area contributed by atoms with Gasteiger partial charge in [-0.2, -0.15) is 5.10 Å². The molecule has 0 aromatic carbocycles. The smallest absolute Gasteiger partial charge is 0.271 e. The van der Waals surface area contributed by atoms with Gasteiger partial charge in [0.1, 0.15) is 5.69 Å². The van der Waals surface area contributed by atoms with Crippen LogP contribution in [0.15, 0.2) is 12.3 Å². The fourth-order valence-electron chi connectivity index (χ4n) is 3.68. The molecule has 0 radical (unpaired) electrons. The molecule has 3 atom stereocenters. The van der Waals surface area contributed by atoms with Crippen molar-refractivity contribution in [1.82, 2.24) is 20.4 Å². The van der Waals surface area contributed by atoms with Crippen LogP contribution in [0.4, 0.5) is 0 Å². The zero-order valence-corrected chi connectivity index (χ0v) is 14.8. The van der Waals surface area contributed by atoms with Gasteiger partial charge in [0.15, 0.2) is 0 Å². The van der Waals surface area contributed by atoms with Crippen molar-refractivity contribution in [1.29, 1.82) is 0 Å². The molecule has 2 fully saturated rings. The van der Waals surface area contributed by atoms with Crippen LogP contribution in [0.3, 0.4) is 0 Å². The minimum absolute atomic E-state index is 0.0623. The summed E-state index contributed by atoms with van der Waals surface area (Å²) in [6, 6.07) is 2.38. The van der Waals surface area contributed by atoms with Crippen LogP contribution in [0.1, 0.15) is 62.5 Å². The first-order valence-electron chi connectivity index (χ1n) is 9.30. The third kappa shape index (κ3) is 4.57. The number of nitrogens with one attached hydrogen (secondary N) is 2. The van der Waals surface area contributed by atoms with Gasteiger partial charge < -0.3 is 15.4 Å². The van der Waals surface area contributed by atoms with Crippen molar-refractivity contribution >= 4 is 5.91 Å². The zero-order valence-electron chi connectivity index (χ0n) is 14.8. The third-order valence-corrected chi connectivity index (χ3v) is 4.92. The normalized spacial score (nSPS) is 28.0. The predicted octanol–water partition coefficient (Wildman–Crippen LogP) is 2.13. The molecule has 0 saturated carbocycles. The van der Waals surface area contributed by atoms with Crippen LogP contribution in [-0.2, 0) is 4.74 Å². The lowest BCUT2D eigenvalue weighted by atomic mass is 9.96. The van der Waals surface area contributed by atoms with Gasteiger partial charge in [0.05, 0.1) is 12.1 Å². The minimum Gasteiger partial charge on any atom is -0.378 e. The molecule has 3 unspecified atom stereocenters. The molecule has 6 heteroatoms. The van der Waals surface area contributed by atoms with Crippen molar-refractivity contribution < 1.29 is 9.53 Å². The summed E-state index contributed by atoms with van der Waals surface area (Å²) in [6.45, 7) is 7.15. The molecule has 1 amide bonds. The van der Waals surface area contributed by atoms with Gasteiger partial charge >= 0.3 is 0 Å². The SMILES string of the molecule is CC(C)CC1CC(NC(=O)c2ccn(C3CCCNC3)n2)CCO1. The molecular formula is C18H30N4O2. The van der Waals surface area contributed by atoms with Crippen LogP contribution in [0.5, 0.6) is 0 Å². The highest BCUT2D eigenvalue weighted by atomic mass is 16.5. The molecule has 1 aromatic heterocycles. The summed E-state index contributed by atoms with van der Waals surface area (Å²) >= 11 is 0. The van der Waals surface area contributed by atoms with Crippen LogP contribution in [0.2, 0.25) is 0 Å². The van der Waals surface area contributed by atoms with Gasteiger partial charge in [-0.05, 0) is 50.6 Å². The Morgan fingerprint density at radius 3 is 3.12 bits per heavy atom. The average Bonchev–Trinajstić information content (AvgIpc) is 3.05. The molecule has 134 valence electrons. The summed E-state index contributed by atoms with van der Waals surface area (Å²) in [4.78, 5) is 12.5. The Morgan fingerprint density at radius 2 is 2.38 bits per heavy atom. The van der Waals surface area contributed by atoms with E-state index < -0.39 is 0 Å². The van der Waals surface area contributed by atoms with Gasteiger partial charge in [-0.15, -0.1) is 0 Å². The van der Waals surface area contributed by atoms with Crippen LogP contribution in [-0.4, -0.2) is 47.5 Å². The highest BCUT2D eigenvalue weighted by molar-refractivity contribution is 5.92. The number of piperidine rings is 1. The number of carbonyl (C=O) groups excluding carboxylic acids is 1. The van der Waals surface area contributed by atoms with Crippen molar-refractivity contribution in [3.63, 3.8) is 0 Å². The Bertz CT molecular complexity index is 537. The number of hydrogen-bond donors (Lipinski definition) is 2. The third-order valence-electron chi connectivity index (χ3n) is 4.92. The Morgan fingerprint density at radius 1 is 1.50 bits per heavy atom. The standard InChI is InChI=1S/C18H30N4O2/c1-13(2)10-16-11-14(6-9-24-16)20-18(23)17-5-8-22(21-17)15-4-3-7-19-12-15/h5,8,13-16,19H,3-4,6-7,9-12H2,1-2H3,(H,20,23). The Kier molecular flexibility index (Phi) is 5.89. The van der Waals surface area contributed by atoms with Crippen LogP contribution in [0, 0.1) is 5.92 Å². The van der Waals surface area contributed by atoms with E-state index in [2.05, 4.69) is 29.6 Å². The number of carbonyl (C=O) groups is 1. The number of rotatable bonds is 5. The molecule has 2 aliphatic rings. The molecule has 0 bridgehead atoms. The van der Waals surface area contributed by atoms with E-state index in [1.54, 1.807) is 0 Å². The van der Waals surface area contributed by atoms with Gasteiger partial charge in [0.25, 0.3) is 5.91 Å². The molecule has 24 heavy (non-hydrogen) atoms. The maximum absolute atomic E-state index is 12.5. The average molecular weight is 334 g/mol. The molecule has 1 aromatic rings. The molecule has 2 saturated heterocycles. The highest BCUT2D eigenvalue weighted by Crippen LogP contribution is 2.20. The number of amides is 1. The Labute approximate surface area is 144 Å². The Balaban J connectivity index is 1.54. The topological polar surface area (TPSA) is 68.2 Å². The van der Waals surface area contributed by atoms with E-state index in [1.807, 2.05) is 16.9 Å². The molecule has 2 N–H and O–H groups in total. The number of aromatic nitrogens is 2. The molecule has 2 aliphatic heterocycles. The summed E-state index contributed by atoms with van der Waals surface area (Å²) in [5.74, 6) is 0.553. The second-order valence-electron chi connectivity index (χ2n) is 7.50. The van der Waals surface area contributed by atoms with Gasteiger partial charge in [0.2, 0.25) is 0 Å². The quantitative estimate of drug-likeness (QED) is 0.865. The predicted molar refractivity (Wildman–Crippen MR) is 93.1 cm³/mol. The monoisotopic (exact) mass is 334 g/mol. The first kappa shape index (κ1) is 17.4. The van der Waals surface area contributed by atoms with Gasteiger partial charge in [-0.3, -0.25) is 9.48 Å². The van der Waals surface area contributed by atoms with E-state index in [-0.39, 0.29) is 18.1 Å².